The van der Waals surface area contributed by atoms with Crippen molar-refractivity contribution in [1.82, 2.24) is 10.2 Å². The molecule has 134 valence electrons. The Hall–Kier alpha value is -1.56. The molecule has 2 rings (SSSR count). The van der Waals surface area contributed by atoms with Gasteiger partial charge in [0.25, 0.3) is 0 Å². The first-order valence-electron chi connectivity index (χ1n) is 8.77. The molecule has 5 nitrogen and oxygen atoms in total. The molecular weight excluding hydrogens is 322 g/mol. The molecule has 1 saturated heterocycles. The van der Waals surface area contributed by atoms with Crippen LogP contribution in [0.1, 0.15) is 32.8 Å². The Morgan fingerprint density at radius 3 is 2.96 bits per heavy atom. The van der Waals surface area contributed by atoms with E-state index in [0.29, 0.717) is 24.2 Å². The van der Waals surface area contributed by atoms with Crippen LogP contribution in [0.4, 0.5) is 0 Å². The number of aliphatic imine (C=N–C) groups is 1. The topological polar surface area (TPSA) is 57.1 Å². The van der Waals surface area contributed by atoms with Gasteiger partial charge in [-0.2, -0.15) is 11.8 Å². The number of thioether (sulfide) groups is 1. The van der Waals surface area contributed by atoms with E-state index in [0.717, 1.165) is 36.9 Å². The molecule has 1 aliphatic heterocycles. The Kier molecular flexibility index (Phi) is 7.56. The molecule has 2 N–H and O–H groups in total. The summed E-state index contributed by atoms with van der Waals surface area (Å²) < 4.78 is 5.45. The highest BCUT2D eigenvalue weighted by molar-refractivity contribution is 8.00. The van der Waals surface area contributed by atoms with Gasteiger partial charge >= 0.3 is 0 Å². The number of phenolic OH excluding ortho intramolecular Hbond substituents is 1. The number of phenols is 1. The summed E-state index contributed by atoms with van der Waals surface area (Å²) in [6, 6.07) is 5.44. The summed E-state index contributed by atoms with van der Waals surface area (Å²) in [5.74, 6) is 2.82. The zero-order chi connectivity index (χ0) is 17.4. The smallest absolute Gasteiger partial charge is 0.194 e. The molecule has 1 atom stereocenters. The van der Waals surface area contributed by atoms with E-state index in [4.69, 9.17) is 9.73 Å². The largest absolute Gasteiger partial charge is 0.504 e. The van der Waals surface area contributed by atoms with Crippen molar-refractivity contribution in [1.29, 1.82) is 0 Å². The average molecular weight is 352 g/mol. The van der Waals surface area contributed by atoms with Crippen LogP contribution in [0.2, 0.25) is 0 Å². The fourth-order valence-electron chi connectivity index (χ4n) is 2.68. The molecule has 6 heteroatoms. The van der Waals surface area contributed by atoms with Crippen LogP contribution in [0.25, 0.3) is 0 Å². The maximum atomic E-state index is 9.80. The van der Waals surface area contributed by atoms with Crippen LogP contribution in [-0.2, 0) is 6.54 Å². The second kappa shape index (κ2) is 9.67. The highest BCUT2D eigenvalue weighted by Gasteiger charge is 2.21. The molecule has 0 saturated carbocycles. The third kappa shape index (κ3) is 5.23. The predicted molar refractivity (Wildman–Crippen MR) is 102 cm³/mol. The lowest BCUT2D eigenvalue weighted by atomic mass is 10.2. The van der Waals surface area contributed by atoms with Gasteiger partial charge in [0.15, 0.2) is 17.5 Å². The molecule has 0 aliphatic carbocycles. The fourth-order valence-corrected chi connectivity index (χ4v) is 3.86. The van der Waals surface area contributed by atoms with E-state index in [1.54, 1.807) is 6.07 Å². The number of benzene rings is 1. The minimum atomic E-state index is 0.176. The van der Waals surface area contributed by atoms with Gasteiger partial charge in [0, 0.05) is 30.6 Å². The van der Waals surface area contributed by atoms with Gasteiger partial charge in [-0.1, -0.05) is 13.0 Å². The molecule has 1 unspecified atom stereocenters. The van der Waals surface area contributed by atoms with Crippen LogP contribution in [0, 0.1) is 0 Å². The third-order valence-corrected chi connectivity index (χ3v) is 5.34. The lowest BCUT2D eigenvalue weighted by Gasteiger charge is -2.34. The quantitative estimate of drug-likeness (QED) is 0.609. The monoisotopic (exact) mass is 351 g/mol. The predicted octanol–water partition coefficient (Wildman–Crippen LogP) is 3.08. The van der Waals surface area contributed by atoms with E-state index in [1.807, 2.05) is 19.1 Å². The summed E-state index contributed by atoms with van der Waals surface area (Å²) in [6.45, 7) is 10.3. The molecule has 24 heavy (non-hydrogen) atoms. The first-order chi connectivity index (χ1) is 11.7. The number of hydrogen-bond acceptors (Lipinski definition) is 4. The van der Waals surface area contributed by atoms with Crippen molar-refractivity contribution in [3.8, 4) is 11.5 Å². The molecule has 1 heterocycles. The van der Waals surface area contributed by atoms with E-state index < -0.39 is 0 Å². The maximum absolute atomic E-state index is 9.80. The van der Waals surface area contributed by atoms with Crippen LogP contribution < -0.4 is 10.1 Å². The normalized spacial score (nSPS) is 18.5. The van der Waals surface area contributed by atoms with Crippen LogP contribution in [0.15, 0.2) is 23.2 Å². The second-order valence-corrected chi connectivity index (χ2v) is 7.16. The number of guanidine groups is 1. The number of ether oxygens (including phenoxy) is 1. The molecule has 0 aromatic heterocycles. The van der Waals surface area contributed by atoms with Crippen molar-refractivity contribution in [2.24, 2.45) is 4.99 Å². The first-order valence-corrected chi connectivity index (χ1v) is 9.82. The Balaban J connectivity index is 2.09. The van der Waals surface area contributed by atoms with Crippen molar-refractivity contribution in [3.63, 3.8) is 0 Å². The highest BCUT2D eigenvalue weighted by Crippen LogP contribution is 2.27. The second-order valence-electron chi connectivity index (χ2n) is 5.75. The lowest BCUT2D eigenvalue weighted by molar-refractivity contribution is 0.318. The number of nitrogens with zero attached hydrogens (tertiary/aromatic N) is 2. The SMILES string of the molecule is CCNC(=NCc1ccc(O)c(OCC)c1)N1CCSC(CC)C1. The van der Waals surface area contributed by atoms with Gasteiger partial charge in [0.2, 0.25) is 0 Å². The standard InChI is InChI=1S/C18H29N3O2S/c1-4-15-13-21(9-10-24-15)18(19-5-2)20-12-14-7-8-16(22)17(11-14)23-6-3/h7-8,11,15,22H,4-6,9-10,12-13H2,1-3H3,(H,19,20). The van der Waals surface area contributed by atoms with Gasteiger partial charge in [-0.05, 0) is 38.0 Å². The van der Waals surface area contributed by atoms with Crippen LogP contribution in [0.5, 0.6) is 11.5 Å². The molecule has 0 amide bonds. The van der Waals surface area contributed by atoms with Crippen molar-refractivity contribution >= 4 is 17.7 Å². The van der Waals surface area contributed by atoms with Gasteiger partial charge in [0.05, 0.1) is 13.2 Å². The van der Waals surface area contributed by atoms with E-state index in [2.05, 4.69) is 35.8 Å². The van der Waals surface area contributed by atoms with Crippen LogP contribution in [-0.4, -0.2) is 53.2 Å². The lowest BCUT2D eigenvalue weighted by Crippen LogP contribution is -2.48. The molecule has 1 aromatic carbocycles. The van der Waals surface area contributed by atoms with E-state index in [1.165, 1.54) is 6.42 Å². The molecule has 1 aliphatic rings. The average Bonchev–Trinajstić information content (AvgIpc) is 2.61. The van der Waals surface area contributed by atoms with Crippen molar-refractivity contribution in [3.05, 3.63) is 23.8 Å². The molecule has 1 fully saturated rings. The van der Waals surface area contributed by atoms with Gasteiger partial charge in [-0.3, -0.25) is 0 Å². The molecule has 0 radical (unpaired) electrons. The van der Waals surface area contributed by atoms with Gasteiger partial charge in [-0.15, -0.1) is 0 Å². The van der Waals surface area contributed by atoms with Crippen molar-refractivity contribution < 1.29 is 9.84 Å². The molecule has 0 bridgehead atoms. The van der Waals surface area contributed by atoms with Gasteiger partial charge in [-0.25, -0.2) is 4.99 Å². The van der Waals surface area contributed by atoms with Gasteiger partial charge in [0.1, 0.15) is 0 Å². The van der Waals surface area contributed by atoms with Gasteiger partial charge < -0.3 is 20.1 Å². The summed E-state index contributed by atoms with van der Waals surface area (Å²) >= 11 is 2.06. The number of nitrogens with one attached hydrogen (secondary N) is 1. The summed E-state index contributed by atoms with van der Waals surface area (Å²) in [5, 5.41) is 13.9. The summed E-state index contributed by atoms with van der Waals surface area (Å²) in [6.07, 6.45) is 1.19. The Morgan fingerprint density at radius 1 is 1.42 bits per heavy atom. The Morgan fingerprint density at radius 2 is 2.25 bits per heavy atom. The number of hydrogen-bond donors (Lipinski definition) is 2. The highest BCUT2D eigenvalue weighted by atomic mass is 32.2. The zero-order valence-corrected chi connectivity index (χ0v) is 15.7. The Labute approximate surface area is 149 Å². The van der Waals surface area contributed by atoms with E-state index >= 15 is 0 Å². The Bertz CT molecular complexity index is 551. The summed E-state index contributed by atoms with van der Waals surface area (Å²) in [4.78, 5) is 7.15. The van der Waals surface area contributed by atoms with E-state index in [9.17, 15) is 5.11 Å². The van der Waals surface area contributed by atoms with Crippen molar-refractivity contribution in [2.45, 2.75) is 39.0 Å². The number of rotatable bonds is 6. The maximum Gasteiger partial charge on any atom is 0.194 e. The molecule has 1 aromatic rings. The van der Waals surface area contributed by atoms with Crippen LogP contribution in [0.3, 0.4) is 0 Å². The van der Waals surface area contributed by atoms with E-state index in [-0.39, 0.29) is 5.75 Å². The zero-order valence-electron chi connectivity index (χ0n) is 14.9. The van der Waals surface area contributed by atoms with Crippen molar-refractivity contribution in [2.75, 3.05) is 32.0 Å². The third-order valence-electron chi connectivity index (χ3n) is 3.96. The summed E-state index contributed by atoms with van der Waals surface area (Å²) in [7, 11) is 0. The minimum Gasteiger partial charge on any atom is -0.504 e. The molecular formula is C18H29N3O2S. The summed E-state index contributed by atoms with van der Waals surface area (Å²) in [5.41, 5.74) is 1.03. The molecule has 0 spiro atoms. The first kappa shape index (κ1) is 18.8. The van der Waals surface area contributed by atoms with Crippen LogP contribution >= 0.6 is 11.8 Å². The number of aromatic hydroxyl groups is 1. The fraction of sp³-hybridized carbons (Fsp3) is 0.611. The minimum absolute atomic E-state index is 0.176.